The molecule has 0 bridgehead atoms. The Hall–Kier alpha value is -0.700. The van der Waals surface area contributed by atoms with Crippen LogP contribution in [0.25, 0.3) is 0 Å². The van der Waals surface area contributed by atoms with Crippen molar-refractivity contribution in [1.82, 2.24) is 5.06 Å². The van der Waals surface area contributed by atoms with Crippen molar-refractivity contribution in [3.63, 3.8) is 0 Å². The van der Waals surface area contributed by atoms with Crippen molar-refractivity contribution in [3.05, 3.63) is 33.4 Å². The smallest absolute Gasteiger partial charge is 0.326 e. The molecule has 0 amide bonds. The average Bonchev–Trinajstić information content (AvgIpc) is 2.90. The molecule has 3 rings (SSSR count). The largest absolute Gasteiger partial charge is 0.461 e. The van der Waals surface area contributed by atoms with Crippen LogP contribution in [0.5, 0.6) is 0 Å². The minimum atomic E-state index is -0.417. The number of esters is 1. The van der Waals surface area contributed by atoms with E-state index in [1.807, 2.05) is 25.1 Å². The second kappa shape index (κ2) is 5.59. The fourth-order valence-electron chi connectivity index (χ4n) is 2.98. The number of carbonyl (C=O) groups excluding carboxylic acids is 1. The van der Waals surface area contributed by atoms with Gasteiger partial charge in [-0.15, -0.1) is 0 Å². The molecule has 0 aliphatic carbocycles. The number of hydrogen-bond acceptors (Lipinski definition) is 5. The molecule has 5 nitrogen and oxygen atoms in total. The number of carbonyl (C=O) groups is 1. The van der Waals surface area contributed by atoms with Gasteiger partial charge in [0.15, 0.2) is 0 Å². The number of cyclic esters (lactones) is 1. The first-order valence-corrected chi connectivity index (χ1v) is 7.67. The molecule has 2 saturated heterocycles. The van der Waals surface area contributed by atoms with Gasteiger partial charge in [0, 0.05) is 3.57 Å². The van der Waals surface area contributed by atoms with E-state index in [-0.39, 0.29) is 30.7 Å². The molecule has 2 fully saturated rings. The van der Waals surface area contributed by atoms with Gasteiger partial charge in [0.1, 0.15) is 18.2 Å². The number of hydroxylamine groups is 2. The average molecular weight is 389 g/mol. The van der Waals surface area contributed by atoms with Crippen molar-refractivity contribution in [2.24, 2.45) is 5.92 Å². The highest BCUT2D eigenvalue weighted by Gasteiger charge is 2.55. The molecule has 2 aliphatic heterocycles. The summed E-state index contributed by atoms with van der Waals surface area (Å²) in [5.41, 5.74) is 1.07. The van der Waals surface area contributed by atoms with E-state index >= 15 is 0 Å². The highest BCUT2D eigenvalue weighted by Crippen LogP contribution is 2.38. The normalized spacial score (nSPS) is 33.2. The van der Waals surface area contributed by atoms with Crippen LogP contribution in [0.2, 0.25) is 0 Å². The fourth-order valence-corrected chi connectivity index (χ4v) is 3.58. The van der Waals surface area contributed by atoms with E-state index in [2.05, 4.69) is 28.7 Å². The van der Waals surface area contributed by atoms with Gasteiger partial charge in [-0.25, -0.2) is 0 Å². The van der Waals surface area contributed by atoms with Crippen molar-refractivity contribution in [3.8, 4) is 0 Å². The van der Waals surface area contributed by atoms with E-state index in [1.165, 1.54) is 0 Å². The predicted molar refractivity (Wildman–Crippen MR) is 79.5 cm³/mol. The van der Waals surface area contributed by atoms with Gasteiger partial charge in [-0.3, -0.25) is 9.63 Å². The van der Waals surface area contributed by atoms with Crippen LogP contribution in [0.15, 0.2) is 24.3 Å². The Balaban J connectivity index is 1.82. The second-order valence-corrected chi connectivity index (χ2v) is 6.44. The zero-order valence-corrected chi connectivity index (χ0v) is 13.2. The molecule has 0 radical (unpaired) electrons. The number of ether oxygens (including phenoxy) is 1. The van der Waals surface area contributed by atoms with Gasteiger partial charge in [0.25, 0.3) is 0 Å². The minimum Gasteiger partial charge on any atom is -0.461 e. The molecule has 0 aromatic heterocycles. The zero-order chi connectivity index (χ0) is 14.3. The topological polar surface area (TPSA) is 59.0 Å². The Kier molecular flexibility index (Phi) is 3.98. The number of nitrogens with zero attached hydrogens (tertiary/aromatic N) is 1. The Bertz CT molecular complexity index is 524. The minimum absolute atomic E-state index is 0.102. The Morgan fingerprint density at radius 1 is 1.45 bits per heavy atom. The molecule has 4 atom stereocenters. The zero-order valence-electron chi connectivity index (χ0n) is 11.0. The van der Waals surface area contributed by atoms with Gasteiger partial charge < -0.3 is 9.84 Å². The van der Waals surface area contributed by atoms with Gasteiger partial charge in [0.05, 0.1) is 19.1 Å². The van der Waals surface area contributed by atoms with E-state index in [9.17, 15) is 9.90 Å². The summed E-state index contributed by atoms with van der Waals surface area (Å²) in [6, 6.07) is 7.62. The quantitative estimate of drug-likeness (QED) is 0.625. The third-order valence-corrected chi connectivity index (χ3v) is 4.54. The summed E-state index contributed by atoms with van der Waals surface area (Å²) in [5.74, 6) is -0.362. The number of benzene rings is 1. The van der Waals surface area contributed by atoms with E-state index in [1.54, 1.807) is 5.06 Å². The molecule has 1 unspecified atom stereocenters. The Morgan fingerprint density at radius 3 is 2.95 bits per heavy atom. The van der Waals surface area contributed by atoms with Gasteiger partial charge >= 0.3 is 5.97 Å². The van der Waals surface area contributed by atoms with Gasteiger partial charge in [-0.2, -0.15) is 5.06 Å². The molecular formula is C14H16INO4. The SMILES string of the molecule is CC1OC(=O)[C@@H]2[C@H]1[C@H](CO)ON2Cc1cccc(I)c1. The van der Waals surface area contributed by atoms with E-state index in [0.29, 0.717) is 6.54 Å². The van der Waals surface area contributed by atoms with Crippen molar-refractivity contribution in [2.75, 3.05) is 6.61 Å². The molecule has 2 heterocycles. The standard InChI is InChI=1S/C14H16INO4/c1-8-12-11(7-17)20-16(13(12)14(18)19-8)6-9-3-2-4-10(15)5-9/h2-5,8,11-13,17H,6-7H2,1H3/t8?,11-,12+,13-/m0/s1. The molecule has 6 heteroatoms. The third-order valence-electron chi connectivity index (χ3n) is 3.87. The lowest BCUT2D eigenvalue weighted by molar-refractivity contribution is -0.195. The van der Waals surface area contributed by atoms with Crippen LogP contribution in [0, 0.1) is 9.49 Å². The number of halogens is 1. The molecule has 1 aromatic carbocycles. The maximum absolute atomic E-state index is 12.0. The second-order valence-electron chi connectivity index (χ2n) is 5.20. The lowest BCUT2D eigenvalue weighted by Crippen LogP contribution is -2.35. The van der Waals surface area contributed by atoms with Crippen LogP contribution < -0.4 is 0 Å². The molecule has 1 aromatic rings. The first-order valence-electron chi connectivity index (χ1n) is 6.59. The molecule has 108 valence electrons. The van der Waals surface area contributed by atoms with E-state index in [0.717, 1.165) is 9.13 Å². The van der Waals surface area contributed by atoms with Gasteiger partial charge in [-0.1, -0.05) is 12.1 Å². The molecular weight excluding hydrogens is 373 g/mol. The summed E-state index contributed by atoms with van der Waals surface area (Å²) in [4.78, 5) is 17.7. The van der Waals surface area contributed by atoms with Crippen LogP contribution in [0.1, 0.15) is 12.5 Å². The molecule has 0 saturated carbocycles. The molecule has 1 N–H and O–H groups in total. The number of hydrogen-bond donors (Lipinski definition) is 1. The van der Waals surface area contributed by atoms with Crippen molar-refractivity contribution < 1.29 is 19.5 Å². The number of aliphatic hydroxyl groups excluding tert-OH is 1. The van der Waals surface area contributed by atoms with Gasteiger partial charge in [-0.05, 0) is 47.2 Å². The lowest BCUT2D eigenvalue weighted by Gasteiger charge is -2.20. The number of fused-ring (bicyclic) bond motifs is 1. The highest BCUT2D eigenvalue weighted by atomic mass is 127. The molecule has 2 aliphatic rings. The van der Waals surface area contributed by atoms with E-state index < -0.39 is 6.04 Å². The fraction of sp³-hybridized carbons (Fsp3) is 0.500. The summed E-state index contributed by atoms with van der Waals surface area (Å²) >= 11 is 2.25. The Labute approximate surface area is 130 Å². The van der Waals surface area contributed by atoms with Gasteiger partial charge in [0.2, 0.25) is 0 Å². The first-order chi connectivity index (χ1) is 9.60. The molecule has 20 heavy (non-hydrogen) atoms. The van der Waals surface area contributed by atoms with Crippen LogP contribution >= 0.6 is 22.6 Å². The van der Waals surface area contributed by atoms with Crippen LogP contribution in [-0.2, 0) is 20.9 Å². The van der Waals surface area contributed by atoms with Crippen LogP contribution in [-0.4, -0.2) is 41.0 Å². The maximum atomic E-state index is 12.0. The maximum Gasteiger partial charge on any atom is 0.326 e. The monoisotopic (exact) mass is 389 g/mol. The van der Waals surface area contributed by atoms with E-state index in [4.69, 9.17) is 9.57 Å². The van der Waals surface area contributed by atoms with Crippen molar-refractivity contribution in [1.29, 1.82) is 0 Å². The highest BCUT2D eigenvalue weighted by molar-refractivity contribution is 14.1. The first kappa shape index (κ1) is 14.2. The van der Waals surface area contributed by atoms with Crippen molar-refractivity contribution in [2.45, 2.75) is 31.7 Å². The van der Waals surface area contributed by atoms with Crippen molar-refractivity contribution >= 4 is 28.6 Å². The summed E-state index contributed by atoms with van der Waals surface area (Å²) in [6.07, 6.45) is -0.588. The number of rotatable bonds is 3. The summed E-state index contributed by atoms with van der Waals surface area (Å²) in [5, 5.41) is 11.1. The van der Waals surface area contributed by atoms with Crippen LogP contribution in [0.4, 0.5) is 0 Å². The number of aliphatic hydroxyl groups is 1. The summed E-state index contributed by atoms with van der Waals surface area (Å²) in [7, 11) is 0. The predicted octanol–water partition coefficient (Wildman–Crippen LogP) is 1.33. The third kappa shape index (κ3) is 2.45. The summed E-state index contributed by atoms with van der Waals surface area (Å²) in [6.45, 7) is 2.25. The lowest BCUT2D eigenvalue weighted by atomic mass is 9.93. The summed E-state index contributed by atoms with van der Waals surface area (Å²) < 4.78 is 6.41. The molecule has 0 spiro atoms. The Morgan fingerprint density at radius 2 is 2.25 bits per heavy atom. The van der Waals surface area contributed by atoms with Crippen LogP contribution in [0.3, 0.4) is 0 Å².